The third-order valence-corrected chi connectivity index (χ3v) is 7.07. The number of carbonyl (C=O) groups is 1. The van der Waals surface area contributed by atoms with Crippen molar-refractivity contribution in [1.82, 2.24) is 15.1 Å². The number of sulfone groups is 1. The Labute approximate surface area is 157 Å². The van der Waals surface area contributed by atoms with E-state index < -0.39 is 15.1 Å². The number of aryl methyl sites for hydroxylation is 1. The second-order valence-corrected chi connectivity index (χ2v) is 10.0. The molecule has 3 rings (SSSR count). The molecule has 1 fully saturated rings. The van der Waals surface area contributed by atoms with E-state index >= 15 is 0 Å². The van der Waals surface area contributed by atoms with Crippen molar-refractivity contribution in [3.05, 3.63) is 29.8 Å². The van der Waals surface area contributed by atoms with E-state index in [1.807, 2.05) is 31.2 Å². The molecule has 0 saturated carbocycles. The quantitative estimate of drug-likeness (QED) is 0.716. The smallest absolute Gasteiger partial charge is 0.277 e. The maximum Gasteiger partial charge on any atom is 0.277 e. The van der Waals surface area contributed by atoms with Gasteiger partial charge in [-0.2, -0.15) is 0 Å². The summed E-state index contributed by atoms with van der Waals surface area (Å²) in [5.74, 6) is 0.434. The van der Waals surface area contributed by atoms with Gasteiger partial charge in [-0.05, 0) is 32.4 Å². The summed E-state index contributed by atoms with van der Waals surface area (Å²) in [6, 6.07) is 7.47. The van der Waals surface area contributed by atoms with Crippen molar-refractivity contribution in [3.63, 3.8) is 0 Å². The summed E-state index contributed by atoms with van der Waals surface area (Å²) in [6.07, 6.45) is 0.486. The Morgan fingerprint density at radius 1 is 1.38 bits per heavy atom. The van der Waals surface area contributed by atoms with Crippen molar-refractivity contribution in [2.75, 3.05) is 18.6 Å². The van der Waals surface area contributed by atoms with E-state index in [2.05, 4.69) is 10.2 Å². The molecular weight excluding hydrogens is 374 g/mol. The summed E-state index contributed by atoms with van der Waals surface area (Å²) in [4.78, 5) is 14.1. The Morgan fingerprint density at radius 2 is 2.15 bits per heavy atom. The van der Waals surface area contributed by atoms with Crippen LogP contribution in [-0.4, -0.2) is 59.3 Å². The van der Waals surface area contributed by atoms with Gasteiger partial charge in [0.1, 0.15) is 0 Å². The van der Waals surface area contributed by atoms with Gasteiger partial charge in [-0.25, -0.2) is 8.42 Å². The topological polar surface area (TPSA) is 93.4 Å². The lowest BCUT2D eigenvalue weighted by Crippen LogP contribution is -2.41. The number of amides is 1. The number of carbonyl (C=O) groups excluding carboxylic acids is 1. The lowest BCUT2D eigenvalue weighted by atomic mass is 10.1. The SMILES string of the molecule is Cc1cccc(-c2nnc(S[C@H](C)C(=O)N(C)[C@H]3CCS(=O)(=O)C3)o2)c1. The zero-order valence-corrected chi connectivity index (χ0v) is 16.5. The molecule has 0 bridgehead atoms. The molecule has 1 aromatic heterocycles. The fourth-order valence-electron chi connectivity index (χ4n) is 2.90. The number of hydrogen-bond donors (Lipinski definition) is 0. The molecule has 2 heterocycles. The summed E-state index contributed by atoms with van der Waals surface area (Å²) < 4.78 is 28.9. The molecule has 0 unspecified atom stereocenters. The lowest BCUT2D eigenvalue weighted by Gasteiger charge is -2.25. The monoisotopic (exact) mass is 395 g/mol. The lowest BCUT2D eigenvalue weighted by molar-refractivity contribution is -0.130. The van der Waals surface area contributed by atoms with Crippen molar-refractivity contribution in [1.29, 1.82) is 0 Å². The number of rotatable bonds is 5. The van der Waals surface area contributed by atoms with Gasteiger partial charge in [0.25, 0.3) is 5.22 Å². The maximum absolute atomic E-state index is 12.6. The molecule has 1 aliphatic rings. The fraction of sp³-hybridized carbons (Fsp3) is 0.471. The van der Waals surface area contributed by atoms with E-state index in [-0.39, 0.29) is 23.5 Å². The van der Waals surface area contributed by atoms with E-state index in [1.165, 1.54) is 16.7 Å². The van der Waals surface area contributed by atoms with Crippen molar-refractivity contribution >= 4 is 27.5 Å². The minimum Gasteiger partial charge on any atom is -0.411 e. The van der Waals surface area contributed by atoms with Crippen LogP contribution in [0.4, 0.5) is 0 Å². The summed E-state index contributed by atoms with van der Waals surface area (Å²) >= 11 is 1.18. The Hall–Kier alpha value is -1.87. The van der Waals surface area contributed by atoms with Gasteiger partial charge in [0.2, 0.25) is 11.8 Å². The van der Waals surface area contributed by atoms with Crippen molar-refractivity contribution < 1.29 is 17.6 Å². The van der Waals surface area contributed by atoms with Crippen molar-refractivity contribution in [2.45, 2.75) is 36.8 Å². The minimum atomic E-state index is -3.03. The highest BCUT2D eigenvalue weighted by molar-refractivity contribution is 8.00. The van der Waals surface area contributed by atoms with E-state index in [1.54, 1.807) is 14.0 Å². The average molecular weight is 396 g/mol. The van der Waals surface area contributed by atoms with E-state index in [4.69, 9.17) is 4.42 Å². The number of nitrogens with zero attached hydrogens (tertiary/aromatic N) is 3. The minimum absolute atomic E-state index is 0.0324. The zero-order valence-electron chi connectivity index (χ0n) is 14.9. The number of benzene rings is 1. The Bertz CT molecular complexity index is 910. The van der Waals surface area contributed by atoms with Crippen LogP contribution in [0.15, 0.2) is 33.9 Å². The van der Waals surface area contributed by atoms with Crippen molar-refractivity contribution in [2.24, 2.45) is 0 Å². The molecule has 26 heavy (non-hydrogen) atoms. The molecule has 0 spiro atoms. The molecule has 0 N–H and O–H groups in total. The molecule has 140 valence electrons. The average Bonchev–Trinajstić information content (AvgIpc) is 3.19. The van der Waals surface area contributed by atoms with Gasteiger partial charge in [0, 0.05) is 18.7 Å². The van der Waals surface area contributed by atoms with E-state index in [9.17, 15) is 13.2 Å². The van der Waals surface area contributed by atoms with Crippen LogP contribution in [0, 0.1) is 6.92 Å². The van der Waals surface area contributed by atoms with Gasteiger partial charge in [-0.1, -0.05) is 29.5 Å². The third kappa shape index (κ3) is 4.27. The highest BCUT2D eigenvalue weighted by Gasteiger charge is 2.34. The molecule has 2 aromatic rings. The van der Waals surface area contributed by atoms with Crippen LogP contribution in [0.25, 0.3) is 11.5 Å². The molecule has 0 aliphatic carbocycles. The molecule has 1 aliphatic heterocycles. The Balaban J connectivity index is 1.64. The van der Waals surface area contributed by atoms with Gasteiger partial charge in [-0.15, -0.1) is 10.2 Å². The highest BCUT2D eigenvalue weighted by Crippen LogP contribution is 2.28. The summed E-state index contributed by atoms with van der Waals surface area (Å²) in [6.45, 7) is 3.73. The first kappa shape index (κ1) is 18.9. The van der Waals surface area contributed by atoms with Crippen LogP contribution < -0.4 is 0 Å². The summed E-state index contributed by atoms with van der Waals surface area (Å²) in [5, 5.41) is 7.91. The van der Waals surface area contributed by atoms with Gasteiger partial charge in [-0.3, -0.25) is 4.79 Å². The van der Waals surface area contributed by atoms with Gasteiger partial charge in [0.15, 0.2) is 9.84 Å². The van der Waals surface area contributed by atoms with Gasteiger partial charge in [0.05, 0.1) is 16.8 Å². The molecule has 9 heteroatoms. The zero-order chi connectivity index (χ0) is 18.9. The van der Waals surface area contributed by atoms with Crippen LogP contribution in [-0.2, 0) is 14.6 Å². The number of hydrogen-bond acceptors (Lipinski definition) is 7. The first-order chi connectivity index (χ1) is 12.2. The second-order valence-electron chi connectivity index (χ2n) is 6.51. The predicted octanol–water partition coefficient (Wildman–Crippen LogP) is 2.17. The largest absolute Gasteiger partial charge is 0.411 e. The van der Waals surface area contributed by atoms with E-state index in [0.717, 1.165) is 11.1 Å². The fourth-order valence-corrected chi connectivity index (χ4v) is 5.46. The first-order valence-corrected chi connectivity index (χ1v) is 11.0. The number of aromatic nitrogens is 2. The first-order valence-electron chi connectivity index (χ1n) is 8.29. The van der Waals surface area contributed by atoms with Crippen LogP contribution in [0.3, 0.4) is 0 Å². The third-order valence-electron chi connectivity index (χ3n) is 4.40. The standard InChI is InChI=1S/C17H21N3O4S2/c1-11-5-4-6-13(9-11)15-18-19-17(24-15)25-12(2)16(21)20(3)14-7-8-26(22,23)10-14/h4-6,9,12,14H,7-8,10H2,1-3H3/t12-,14+/m1/s1. The molecule has 1 aromatic carbocycles. The Morgan fingerprint density at radius 3 is 2.81 bits per heavy atom. The molecule has 0 radical (unpaired) electrons. The predicted molar refractivity (Wildman–Crippen MR) is 99.6 cm³/mol. The van der Waals surface area contributed by atoms with E-state index in [0.29, 0.717) is 17.5 Å². The molecule has 1 saturated heterocycles. The summed E-state index contributed by atoms with van der Waals surface area (Å²) in [5.41, 5.74) is 1.92. The molecule has 2 atom stereocenters. The maximum atomic E-state index is 12.6. The van der Waals surface area contributed by atoms with Crippen LogP contribution in [0.1, 0.15) is 18.9 Å². The molecule has 7 nitrogen and oxygen atoms in total. The number of thioether (sulfide) groups is 1. The normalized spacial score (nSPS) is 20.0. The van der Waals surface area contributed by atoms with Gasteiger partial charge >= 0.3 is 0 Å². The highest BCUT2D eigenvalue weighted by atomic mass is 32.2. The van der Waals surface area contributed by atoms with Crippen LogP contribution in [0.2, 0.25) is 0 Å². The van der Waals surface area contributed by atoms with Crippen LogP contribution >= 0.6 is 11.8 Å². The molecule has 1 amide bonds. The Kier molecular flexibility index (Phi) is 5.38. The van der Waals surface area contributed by atoms with Crippen LogP contribution in [0.5, 0.6) is 0 Å². The van der Waals surface area contributed by atoms with Crippen molar-refractivity contribution in [3.8, 4) is 11.5 Å². The van der Waals surface area contributed by atoms with Gasteiger partial charge < -0.3 is 9.32 Å². The molecular formula is C17H21N3O4S2. The summed E-state index contributed by atoms with van der Waals surface area (Å²) in [7, 11) is -1.38. The second kappa shape index (κ2) is 7.40.